The van der Waals surface area contributed by atoms with Crippen LogP contribution in [0.4, 0.5) is 0 Å². The molecule has 0 fully saturated rings. The van der Waals surface area contributed by atoms with E-state index >= 15 is 0 Å². The predicted octanol–water partition coefficient (Wildman–Crippen LogP) is 3.60. The molecule has 160 valence electrons. The second-order valence-electron chi connectivity index (χ2n) is 6.92. The van der Waals surface area contributed by atoms with E-state index in [9.17, 15) is 0 Å². The summed E-state index contributed by atoms with van der Waals surface area (Å²) < 4.78 is 16.6. The monoisotopic (exact) mass is 402 g/mol. The van der Waals surface area contributed by atoms with E-state index in [0.717, 1.165) is 54.0 Å². The number of benzene rings is 1. The van der Waals surface area contributed by atoms with Gasteiger partial charge >= 0.3 is 0 Å². The van der Waals surface area contributed by atoms with Crippen LogP contribution in [-0.4, -0.2) is 44.5 Å². The van der Waals surface area contributed by atoms with Gasteiger partial charge in [0.15, 0.2) is 17.5 Å². The van der Waals surface area contributed by atoms with Gasteiger partial charge in [-0.25, -0.2) is 0 Å². The van der Waals surface area contributed by atoms with Crippen LogP contribution in [0, 0.1) is 13.8 Å². The summed E-state index contributed by atoms with van der Waals surface area (Å²) in [6.45, 7) is 12.8. The quantitative estimate of drug-likeness (QED) is 0.467. The van der Waals surface area contributed by atoms with Crippen molar-refractivity contribution in [1.82, 2.24) is 15.8 Å². The maximum atomic E-state index is 5.70. The van der Waals surface area contributed by atoms with Gasteiger partial charge in [-0.05, 0) is 51.8 Å². The van der Waals surface area contributed by atoms with Crippen molar-refractivity contribution in [2.24, 2.45) is 4.99 Å². The molecule has 0 aliphatic heterocycles. The van der Waals surface area contributed by atoms with Crippen molar-refractivity contribution in [3.63, 3.8) is 0 Å². The van der Waals surface area contributed by atoms with Crippen molar-refractivity contribution in [1.29, 1.82) is 0 Å². The number of ether oxygens (including phenoxy) is 2. The molecule has 0 aliphatic rings. The Kier molecular flexibility index (Phi) is 8.83. The van der Waals surface area contributed by atoms with E-state index in [1.54, 1.807) is 7.05 Å². The average molecular weight is 403 g/mol. The second-order valence-corrected chi connectivity index (χ2v) is 6.92. The lowest BCUT2D eigenvalue weighted by Crippen LogP contribution is -2.40. The average Bonchev–Trinajstić information content (AvgIpc) is 3.04. The van der Waals surface area contributed by atoms with Gasteiger partial charge in [0.25, 0.3) is 0 Å². The molecule has 1 unspecified atom stereocenters. The van der Waals surface area contributed by atoms with E-state index in [2.05, 4.69) is 33.8 Å². The number of nitrogens with one attached hydrogen (secondary N) is 2. The van der Waals surface area contributed by atoms with Gasteiger partial charge in [0.2, 0.25) is 0 Å². The molecule has 0 aliphatic carbocycles. The first-order chi connectivity index (χ1) is 14.0. The van der Waals surface area contributed by atoms with Crippen molar-refractivity contribution in [3.8, 4) is 11.5 Å². The molecule has 0 bridgehead atoms. The van der Waals surface area contributed by atoms with Gasteiger partial charge < -0.3 is 24.6 Å². The van der Waals surface area contributed by atoms with Crippen LogP contribution < -0.4 is 20.1 Å². The summed E-state index contributed by atoms with van der Waals surface area (Å²) in [5, 5.41) is 10.8. The Bertz CT molecular complexity index is 782. The smallest absolute Gasteiger partial charge is 0.191 e. The van der Waals surface area contributed by atoms with Crippen molar-refractivity contribution in [3.05, 3.63) is 40.8 Å². The molecule has 0 amide bonds. The third-order valence-electron chi connectivity index (χ3n) is 4.69. The fourth-order valence-electron chi connectivity index (χ4n) is 3.34. The highest BCUT2D eigenvalue weighted by molar-refractivity contribution is 5.79. The van der Waals surface area contributed by atoms with Crippen molar-refractivity contribution in [2.75, 3.05) is 33.4 Å². The van der Waals surface area contributed by atoms with Gasteiger partial charge in [0, 0.05) is 31.6 Å². The first-order valence-corrected chi connectivity index (χ1v) is 10.3. The van der Waals surface area contributed by atoms with Crippen molar-refractivity contribution < 1.29 is 14.0 Å². The zero-order chi connectivity index (χ0) is 21.2. The normalized spacial score (nSPS) is 12.6. The lowest BCUT2D eigenvalue weighted by molar-refractivity contribution is 0.287. The SMILES string of the molecule is CCOc1ccc(CCNC(=NC)NCC(C)c2c(C)noc2C)cc1OCC. The third-order valence-corrected chi connectivity index (χ3v) is 4.69. The van der Waals surface area contributed by atoms with Crippen LogP contribution in [0.1, 0.15) is 49.3 Å². The minimum absolute atomic E-state index is 0.277. The molecule has 0 saturated carbocycles. The van der Waals surface area contributed by atoms with Gasteiger partial charge in [-0.15, -0.1) is 0 Å². The predicted molar refractivity (Wildman–Crippen MR) is 116 cm³/mol. The maximum absolute atomic E-state index is 5.70. The highest BCUT2D eigenvalue weighted by Crippen LogP contribution is 2.28. The molecule has 7 heteroatoms. The zero-order valence-corrected chi connectivity index (χ0v) is 18.5. The standard InChI is InChI=1S/C22H34N4O3/c1-7-27-19-10-9-18(13-20(19)28-8-2)11-12-24-22(23-6)25-14-15(3)21-16(4)26-29-17(21)5/h9-10,13,15H,7-8,11-12,14H2,1-6H3,(H2,23,24,25). The summed E-state index contributed by atoms with van der Waals surface area (Å²) in [5.74, 6) is 3.51. The fraction of sp³-hybridized carbons (Fsp3) is 0.545. The molecule has 1 aromatic heterocycles. The summed E-state index contributed by atoms with van der Waals surface area (Å²) in [6.07, 6.45) is 0.854. The minimum atomic E-state index is 0.277. The van der Waals surface area contributed by atoms with Gasteiger partial charge in [0.1, 0.15) is 5.76 Å². The Morgan fingerprint density at radius 2 is 1.86 bits per heavy atom. The molecule has 1 heterocycles. The first-order valence-electron chi connectivity index (χ1n) is 10.3. The highest BCUT2D eigenvalue weighted by atomic mass is 16.5. The lowest BCUT2D eigenvalue weighted by atomic mass is 10.00. The molecule has 29 heavy (non-hydrogen) atoms. The lowest BCUT2D eigenvalue weighted by Gasteiger charge is -2.16. The summed E-state index contributed by atoms with van der Waals surface area (Å²) >= 11 is 0. The molecule has 2 rings (SSSR count). The Hall–Kier alpha value is -2.70. The zero-order valence-electron chi connectivity index (χ0n) is 18.5. The van der Waals surface area contributed by atoms with Crippen molar-refractivity contribution >= 4 is 5.96 Å². The van der Waals surface area contributed by atoms with Crippen LogP contribution in [0.5, 0.6) is 11.5 Å². The van der Waals surface area contributed by atoms with E-state index in [1.807, 2.05) is 39.8 Å². The number of aliphatic imine (C=N–C) groups is 1. The highest BCUT2D eigenvalue weighted by Gasteiger charge is 2.16. The molecule has 0 spiro atoms. The fourth-order valence-corrected chi connectivity index (χ4v) is 3.34. The molecule has 2 aromatic rings. The van der Waals surface area contributed by atoms with E-state index in [0.29, 0.717) is 13.2 Å². The number of rotatable bonds is 10. The summed E-state index contributed by atoms with van der Waals surface area (Å²) in [4.78, 5) is 4.31. The first kappa shape index (κ1) is 22.6. The van der Waals surface area contributed by atoms with Gasteiger partial charge in [-0.1, -0.05) is 18.1 Å². The summed E-state index contributed by atoms with van der Waals surface area (Å²) in [5.41, 5.74) is 3.29. The van der Waals surface area contributed by atoms with E-state index in [-0.39, 0.29) is 5.92 Å². The molecular weight excluding hydrogens is 368 g/mol. The van der Waals surface area contributed by atoms with E-state index < -0.39 is 0 Å². The van der Waals surface area contributed by atoms with Crippen LogP contribution in [0.3, 0.4) is 0 Å². The molecule has 0 radical (unpaired) electrons. The number of hydrogen-bond donors (Lipinski definition) is 2. The summed E-state index contributed by atoms with van der Waals surface area (Å²) in [6, 6.07) is 6.10. The number of aryl methyl sites for hydroxylation is 2. The van der Waals surface area contributed by atoms with E-state index in [1.165, 1.54) is 5.56 Å². The molecule has 7 nitrogen and oxygen atoms in total. The van der Waals surface area contributed by atoms with Gasteiger partial charge in [0.05, 0.1) is 18.9 Å². The van der Waals surface area contributed by atoms with Crippen LogP contribution in [-0.2, 0) is 6.42 Å². The molecule has 0 saturated heterocycles. The number of guanidine groups is 1. The van der Waals surface area contributed by atoms with Crippen LogP contribution in [0.15, 0.2) is 27.7 Å². The molecule has 1 aromatic carbocycles. The molecule has 2 N–H and O–H groups in total. The maximum Gasteiger partial charge on any atom is 0.191 e. The van der Waals surface area contributed by atoms with E-state index in [4.69, 9.17) is 14.0 Å². The Morgan fingerprint density at radius 3 is 2.48 bits per heavy atom. The summed E-state index contributed by atoms with van der Waals surface area (Å²) in [7, 11) is 1.78. The Morgan fingerprint density at radius 1 is 1.14 bits per heavy atom. The number of nitrogens with zero attached hydrogens (tertiary/aromatic N) is 2. The number of hydrogen-bond acceptors (Lipinski definition) is 5. The minimum Gasteiger partial charge on any atom is -0.490 e. The van der Waals surface area contributed by atoms with Gasteiger partial charge in [-0.2, -0.15) is 0 Å². The molecular formula is C22H34N4O3. The third kappa shape index (κ3) is 6.41. The van der Waals surface area contributed by atoms with Gasteiger partial charge in [-0.3, -0.25) is 4.99 Å². The van der Waals surface area contributed by atoms with Crippen molar-refractivity contribution in [2.45, 2.75) is 47.0 Å². The number of aromatic nitrogens is 1. The van der Waals surface area contributed by atoms with Crippen LogP contribution in [0.25, 0.3) is 0 Å². The Labute approximate surface area is 173 Å². The van der Waals surface area contributed by atoms with Crippen LogP contribution >= 0.6 is 0 Å². The topological polar surface area (TPSA) is 80.9 Å². The Balaban J connectivity index is 1.86. The molecule has 1 atom stereocenters. The largest absolute Gasteiger partial charge is 0.490 e. The second kappa shape index (κ2) is 11.3. The van der Waals surface area contributed by atoms with Crippen LogP contribution in [0.2, 0.25) is 0 Å².